The van der Waals surface area contributed by atoms with E-state index in [1.807, 2.05) is 19.2 Å². The van der Waals surface area contributed by atoms with Crippen LogP contribution in [0.5, 0.6) is 0 Å². The van der Waals surface area contributed by atoms with Crippen LogP contribution >= 0.6 is 23.1 Å². The molecule has 0 saturated carbocycles. The van der Waals surface area contributed by atoms with Crippen molar-refractivity contribution in [1.29, 1.82) is 0 Å². The van der Waals surface area contributed by atoms with Crippen LogP contribution in [-0.4, -0.2) is 27.3 Å². The molecule has 0 spiro atoms. The Morgan fingerprint density at radius 3 is 2.89 bits per heavy atom. The summed E-state index contributed by atoms with van der Waals surface area (Å²) in [5.74, 6) is -0.304. The minimum atomic E-state index is -0.334. The van der Waals surface area contributed by atoms with Crippen molar-refractivity contribution < 1.29 is 9.18 Å². The number of carbonyl (C=O) groups excluding carboxylic acids is 1. The number of carbonyl (C=O) groups is 1. The molecule has 0 fully saturated rings. The van der Waals surface area contributed by atoms with Crippen molar-refractivity contribution >= 4 is 39.2 Å². The minimum Gasteiger partial charge on any atom is -0.353 e. The van der Waals surface area contributed by atoms with E-state index in [-0.39, 0.29) is 29.1 Å². The molecule has 0 saturated heterocycles. The van der Waals surface area contributed by atoms with E-state index in [1.54, 1.807) is 25.1 Å². The fourth-order valence-corrected chi connectivity index (χ4v) is 4.12. The second-order valence-corrected chi connectivity index (χ2v) is 8.13. The number of hydrogen-bond donors (Lipinski definition) is 1. The number of thiophene rings is 1. The SMILES string of the molecule is CCC(C)NC(=O)CSc1nc2ccsc2c(=O)n1-c1ccc(F)c(C)c1. The number of fused-ring (bicyclic) bond motifs is 1. The standard InChI is InChI=1S/C19H20FN3O2S2/c1-4-12(3)21-16(24)10-27-19-22-15-7-8-26-17(15)18(25)23(19)13-5-6-14(20)11(2)9-13/h5-9,12H,4,10H2,1-3H3,(H,21,24). The lowest BCUT2D eigenvalue weighted by atomic mass is 10.2. The second-order valence-electron chi connectivity index (χ2n) is 6.27. The number of nitrogens with zero attached hydrogens (tertiary/aromatic N) is 2. The Morgan fingerprint density at radius 1 is 1.41 bits per heavy atom. The van der Waals surface area contributed by atoms with Gasteiger partial charge in [-0.3, -0.25) is 14.2 Å². The van der Waals surface area contributed by atoms with Crippen molar-refractivity contribution in [2.24, 2.45) is 0 Å². The monoisotopic (exact) mass is 405 g/mol. The third-order valence-electron chi connectivity index (χ3n) is 4.20. The Balaban J connectivity index is 2.01. The zero-order chi connectivity index (χ0) is 19.6. The van der Waals surface area contributed by atoms with Crippen LogP contribution in [0.3, 0.4) is 0 Å². The zero-order valence-corrected chi connectivity index (χ0v) is 16.9. The number of hydrogen-bond acceptors (Lipinski definition) is 5. The predicted molar refractivity (Wildman–Crippen MR) is 109 cm³/mol. The topological polar surface area (TPSA) is 64.0 Å². The maximum atomic E-state index is 13.7. The highest BCUT2D eigenvalue weighted by Gasteiger charge is 2.16. The van der Waals surface area contributed by atoms with Crippen molar-refractivity contribution in [3.8, 4) is 5.69 Å². The molecule has 1 N–H and O–H groups in total. The van der Waals surface area contributed by atoms with Gasteiger partial charge in [0.05, 0.1) is 17.0 Å². The Hall–Kier alpha value is -2.19. The van der Waals surface area contributed by atoms with E-state index in [1.165, 1.54) is 33.7 Å². The van der Waals surface area contributed by atoms with Gasteiger partial charge < -0.3 is 5.32 Å². The molecule has 0 bridgehead atoms. The maximum Gasteiger partial charge on any atom is 0.276 e. The van der Waals surface area contributed by atoms with Gasteiger partial charge in [0.25, 0.3) is 5.56 Å². The summed E-state index contributed by atoms with van der Waals surface area (Å²) in [5.41, 5.74) is 1.36. The molecular weight excluding hydrogens is 385 g/mol. The van der Waals surface area contributed by atoms with Crippen molar-refractivity contribution in [3.05, 3.63) is 51.4 Å². The van der Waals surface area contributed by atoms with Crippen LogP contribution in [0.15, 0.2) is 39.6 Å². The number of rotatable bonds is 6. The number of benzene rings is 1. The summed E-state index contributed by atoms with van der Waals surface area (Å²) in [6, 6.07) is 6.37. The van der Waals surface area contributed by atoms with Crippen molar-refractivity contribution in [3.63, 3.8) is 0 Å². The van der Waals surface area contributed by atoms with Crippen LogP contribution in [0.1, 0.15) is 25.8 Å². The average molecular weight is 406 g/mol. The molecule has 1 amide bonds. The number of aromatic nitrogens is 2. The number of aryl methyl sites for hydroxylation is 1. The van der Waals surface area contributed by atoms with Gasteiger partial charge in [0.15, 0.2) is 5.16 Å². The normalized spacial score (nSPS) is 12.3. The quantitative estimate of drug-likeness (QED) is 0.499. The van der Waals surface area contributed by atoms with Crippen LogP contribution in [-0.2, 0) is 4.79 Å². The van der Waals surface area contributed by atoms with Gasteiger partial charge in [-0.05, 0) is 55.5 Å². The Labute approximate surface area is 164 Å². The molecule has 27 heavy (non-hydrogen) atoms. The van der Waals surface area contributed by atoms with Gasteiger partial charge in [-0.2, -0.15) is 0 Å². The first kappa shape index (κ1) is 19.6. The number of amides is 1. The lowest BCUT2D eigenvalue weighted by Crippen LogP contribution is -2.33. The van der Waals surface area contributed by atoms with Crippen LogP contribution in [0.4, 0.5) is 4.39 Å². The van der Waals surface area contributed by atoms with E-state index in [4.69, 9.17) is 0 Å². The summed E-state index contributed by atoms with van der Waals surface area (Å²) in [6.45, 7) is 5.58. The fraction of sp³-hybridized carbons (Fsp3) is 0.316. The first-order valence-corrected chi connectivity index (χ1v) is 10.5. The summed E-state index contributed by atoms with van der Waals surface area (Å²) < 4.78 is 15.7. The largest absolute Gasteiger partial charge is 0.353 e. The fourth-order valence-electron chi connectivity index (χ4n) is 2.53. The Kier molecular flexibility index (Phi) is 5.96. The lowest BCUT2D eigenvalue weighted by molar-refractivity contribution is -0.119. The molecule has 1 atom stereocenters. The molecule has 1 unspecified atom stereocenters. The highest BCUT2D eigenvalue weighted by molar-refractivity contribution is 7.99. The van der Waals surface area contributed by atoms with Gasteiger partial charge >= 0.3 is 0 Å². The summed E-state index contributed by atoms with van der Waals surface area (Å²) >= 11 is 2.51. The highest BCUT2D eigenvalue weighted by atomic mass is 32.2. The van der Waals surface area contributed by atoms with Crippen molar-refractivity contribution in [2.75, 3.05) is 5.75 Å². The molecule has 1 aromatic carbocycles. The minimum absolute atomic E-state index is 0.0901. The molecule has 2 aromatic heterocycles. The molecule has 5 nitrogen and oxygen atoms in total. The maximum absolute atomic E-state index is 13.7. The Morgan fingerprint density at radius 2 is 2.19 bits per heavy atom. The van der Waals surface area contributed by atoms with E-state index in [0.29, 0.717) is 26.6 Å². The van der Waals surface area contributed by atoms with Gasteiger partial charge in [-0.15, -0.1) is 11.3 Å². The molecule has 0 aliphatic heterocycles. The smallest absolute Gasteiger partial charge is 0.276 e. The summed E-state index contributed by atoms with van der Waals surface area (Å²) in [6.07, 6.45) is 0.842. The first-order chi connectivity index (χ1) is 12.9. The number of nitrogens with one attached hydrogen (secondary N) is 1. The lowest BCUT2D eigenvalue weighted by Gasteiger charge is -2.14. The van der Waals surface area contributed by atoms with E-state index in [9.17, 15) is 14.0 Å². The second kappa shape index (κ2) is 8.22. The summed E-state index contributed by atoms with van der Waals surface area (Å²) in [7, 11) is 0. The molecule has 3 aromatic rings. The van der Waals surface area contributed by atoms with Crippen LogP contribution in [0.25, 0.3) is 15.9 Å². The Bertz CT molecular complexity index is 1050. The third-order valence-corrected chi connectivity index (χ3v) is 6.03. The molecule has 8 heteroatoms. The summed E-state index contributed by atoms with van der Waals surface area (Å²) in [5, 5.41) is 5.12. The molecule has 0 aliphatic rings. The molecule has 2 heterocycles. The highest BCUT2D eigenvalue weighted by Crippen LogP contribution is 2.24. The average Bonchev–Trinajstić information content (AvgIpc) is 3.11. The predicted octanol–water partition coefficient (Wildman–Crippen LogP) is 3.90. The van der Waals surface area contributed by atoms with Crippen molar-refractivity contribution in [2.45, 2.75) is 38.4 Å². The van der Waals surface area contributed by atoms with Gasteiger partial charge in [-0.25, -0.2) is 9.37 Å². The number of thioether (sulfide) groups is 1. The number of halogens is 1. The molecule has 3 rings (SSSR count). The van der Waals surface area contributed by atoms with Crippen LogP contribution in [0.2, 0.25) is 0 Å². The zero-order valence-electron chi connectivity index (χ0n) is 15.3. The molecule has 0 radical (unpaired) electrons. The van der Waals surface area contributed by atoms with E-state index in [0.717, 1.165) is 6.42 Å². The van der Waals surface area contributed by atoms with E-state index >= 15 is 0 Å². The van der Waals surface area contributed by atoms with Crippen LogP contribution < -0.4 is 10.9 Å². The molecular formula is C19H20FN3O2S2. The van der Waals surface area contributed by atoms with Gasteiger partial charge in [0.1, 0.15) is 10.5 Å². The third kappa shape index (κ3) is 4.22. The van der Waals surface area contributed by atoms with Crippen molar-refractivity contribution in [1.82, 2.24) is 14.9 Å². The summed E-state index contributed by atoms with van der Waals surface area (Å²) in [4.78, 5) is 29.7. The van der Waals surface area contributed by atoms with Gasteiger partial charge in [0, 0.05) is 6.04 Å². The van der Waals surface area contributed by atoms with E-state index in [2.05, 4.69) is 10.3 Å². The first-order valence-electron chi connectivity index (χ1n) is 8.59. The van der Waals surface area contributed by atoms with E-state index < -0.39 is 0 Å². The molecule has 0 aliphatic carbocycles. The van der Waals surface area contributed by atoms with Gasteiger partial charge in [0.2, 0.25) is 5.91 Å². The molecule has 142 valence electrons. The van der Waals surface area contributed by atoms with Gasteiger partial charge in [-0.1, -0.05) is 18.7 Å². The van der Waals surface area contributed by atoms with Crippen LogP contribution in [0, 0.1) is 12.7 Å².